The Morgan fingerprint density at radius 1 is 1.26 bits per heavy atom. The fourth-order valence-electron chi connectivity index (χ4n) is 4.97. The van der Waals surface area contributed by atoms with Crippen LogP contribution in [0.25, 0.3) is 5.69 Å². The number of aromatic nitrogens is 5. The Morgan fingerprint density at radius 3 is 2.76 bits per heavy atom. The molecule has 1 aromatic carbocycles. The monoisotopic (exact) mass is 468 g/mol. The van der Waals surface area contributed by atoms with Crippen LogP contribution < -0.4 is 15.5 Å². The molecule has 11 heteroatoms. The minimum atomic E-state index is -2.77. The van der Waals surface area contributed by atoms with Crippen LogP contribution in [0.4, 0.5) is 26.2 Å². The van der Waals surface area contributed by atoms with E-state index in [0.717, 1.165) is 49.4 Å². The van der Waals surface area contributed by atoms with Crippen molar-refractivity contribution in [2.45, 2.75) is 57.5 Å². The number of hydrogen-bond acceptors (Lipinski definition) is 7. The third kappa shape index (κ3) is 3.74. The van der Waals surface area contributed by atoms with Crippen LogP contribution in [-0.4, -0.2) is 43.7 Å². The number of carbonyl (C=O) groups is 1. The maximum absolute atomic E-state index is 13.8. The second-order valence-corrected chi connectivity index (χ2v) is 8.54. The number of carbonyl (C=O) groups excluding carboxylic acids is 1. The first kappa shape index (κ1) is 22.2. The van der Waals surface area contributed by atoms with Crippen molar-refractivity contribution in [3.63, 3.8) is 0 Å². The molecule has 2 aromatic heterocycles. The van der Waals surface area contributed by atoms with Crippen molar-refractivity contribution in [1.82, 2.24) is 30.0 Å². The van der Waals surface area contributed by atoms with Gasteiger partial charge in [0.25, 0.3) is 12.3 Å². The molecule has 34 heavy (non-hydrogen) atoms. The first-order valence-corrected chi connectivity index (χ1v) is 11.5. The highest BCUT2D eigenvalue weighted by atomic mass is 19.3. The number of halogens is 2. The summed E-state index contributed by atoms with van der Waals surface area (Å²) in [6, 6.07) is 4.47. The van der Waals surface area contributed by atoms with E-state index in [9.17, 15) is 13.6 Å². The normalized spacial score (nSPS) is 17.6. The zero-order valence-corrected chi connectivity index (χ0v) is 19.0. The molecule has 1 atom stereocenters. The van der Waals surface area contributed by atoms with Gasteiger partial charge in [-0.2, -0.15) is 4.98 Å². The summed E-state index contributed by atoms with van der Waals surface area (Å²) in [5, 5.41) is 13.9. The van der Waals surface area contributed by atoms with Gasteiger partial charge in [-0.3, -0.25) is 9.36 Å². The Balaban J connectivity index is 1.55. The summed E-state index contributed by atoms with van der Waals surface area (Å²) >= 11 is 0. The fraction of sp³-hybridized carbons (Fsp3) is 0.435. The molecule has 2 N–H and O–H groups in total. The fourth-order valence-corrected chi connectivity index (χ4v) is 4.97. The van der Waals surface area contributed by atoms with Crippen molar-refractivity contribution in [3.05, 3.63) is 47.7 Å². The van der Waals surface area contributed by atoms with Crippen LogP contribution in [0.3, 0.4) is 0 Å². The van der Waals surface area contributed by atoms with Crippen molar-refractivity contribution in [2.75, 3.05) is 17.3 Å². The number of nitrogens with one attached hydrogen (secondary N) is 2. The predicted octanol–water partition coefficient (Wildman–Crippen LogP) is 4.31. The Morgan fingerprint density at radius 2 is 2.06 bits per heavy atom. The van der Waals surface area contributed by atoms with Gasteiger partial charge in [0, 0.05) is 29.9 Å². The summed E-state index contributed by atoms with van der Waals surface area (Å²) in [5.41, 5.74) is 0.796. The lowest BCUT2D eigenvalue weighted by Crippen LogP contribution is -2.42. The summed E-state index contributed by atoms with van der Waals surface area (Å²) < 4.78 is 29.5. The molecule has 0 bridgehead atoms. The van der Waals surface area contributed by atoms with E-state index in [0.29, 0.717) is 6.04 Å². The summed E-state index contributed by atoms with van der Waals surface area (Å²) in [4.78, 5) is 23.4. The van der Waals surface area contributed by atoms with E-state index in [1.165, 1.54) is 25.2 Å². The van der Waals surface area contributed by atoms with Gasteiger partial charge < -0.3 is 15.5 Å². The van der Waals surface area contributed by atoms with Gasteiger partial charge in [0.15, 0.2) is 11.6 Å². The molecule has 1 unspecified atom stereocenters. The molecule has 3 heterocycles. The number of hydrogen-bond donors (Lipinski definition) is 2. The number of anilines is 3. The van der Waals surface area contributed by atoms with E-state index in [2.05, 4.69) is 37.6 Å². The summed E-state index contributed by atoms with van der Waals surface area (Å²) in [5.74, 6) is 1.38. The van der Waals surface area contributed by atoms with Crippen LogP contribution in [0, 0.1) is 0 Å². The molecule has 9 nitrogen and oxygen atoms in total. The average molecular weight is 469 g/mol. The lowest BCUT2D eigenvalue weighted by Gasteiger charge is -2.40. The van der Waals surface area contributed by atoms with Crippen LogP contribution in [0.5, 0.6) is 0 Å². The topological polar surface area (TPSA) is 101 Å². The predicted molar refractivity (Wildman–Crippen MR) is 123 cm³/mol. The Bertz CT molecular complexity index is 1210. The summed E-state index contributed by atoms with van der Waals surface area (Å²) in [6.07, 6.45) is 5.83. The molecule has 1 saturated carbocycles. The van der Waals surface area contributed by atoms with E-state index in [1.54, 1.807) is 12.5 Å². The third-order valence-electron chi connectivity index (χ3n) is 6.59. The van der Waals surface area contributed by atoms with Crippen molar-refractivity contribution in [3.8, 4) is 5.69 Å². The van der Waals surface area contributed by atoms with Crippen LogP contribution in [0.15, 0.2) is 30.7 Å². The van der Waals surface area contributed by atoms with E-state index in [1.807, 2.05) is 4.57 Å². The van der Waals surface area contributed by atoms with Gasteiger partial charge in [-0.1, -0.05) is 19.8 Å². The number of fused-ring (bicyclic) bond motifs is 3. The van der Waals surface area contributed by atoms with Gasteiger partial charge in [-0.15, -0.1) is 10.2 Å². The molecular formula is C23H26F2N8O. The molecule has 5 rings (SSSR count). The van der Waals surface area contributed by atoms with Gasteiger partial charge >= 0.3 is 0 Å². The molecule has 1 aliphatic heterocycles. The second-order valence-electron chi connectivity index (χ2n) is 8.54. The number of rotatable bonds is 6. The highest BCUT2D eigenvalue weighted by Crippen LogP contribution is 2.43. The highest BCUT2D eigenvalue weighted by molar-refractivity contribution is 5.94. The SMILES string of the molecule is CCC1c2nncn2-c2cnc(Nc3ccc(C(=O)NC)cc3C(F)F)nc2N1C1CCCC1. The Kier molecular flexibility index (Phi) is 5.84. The maximum Gasteiger partial charge on any atom is 0.265 e. The second kappa shape index (κ2) is 8.96. The standard InChI is InChI=1S/C23H26F2N8O/c1-3-17-21-31-28-12-32(21)18-11-27-23(30-20(18)33(17)14-6-4-5-7-14)29-16-9-8-13(22(34)26-2)10-15(16)19(24)25/h8-12,14,17,19H,3-7H2,1-2H3,(H,26,34)(H,27,29,30). The van der Waals surface area contributed by atoms with Crippen molar-refractivity contribution >= 4 is 23.4 Å². The largest absolute Gasteiger partial charge is 0.355 e. The first-order valence-electron chi connectivity index (χ1n) is 11.5. The summed E-state index contributed by atoms with van der Waals surface area (Å²) in [6.45, 7) is 2.11. The van der Waals surface area contributed by atoms with Crippen LogP contribution in [0.2, 0.25) is 0 Å². The molecule has 178 valence electrons. The zero-order valence-electron chi connectivity index (χ0n) is 19.0. The van der Waals surface area contributed by atoms with Crippen LogP contribution in [0.1, 0.15) is 73.2 Å². The van der Waals surface area contributed by atoms with Crippen molar-refractivity contribution in [1.29, 1.82) is 0 Å². The van der Waals surface area contributed by atoms with Crippen molar-refractivity contribution < 1.29 is 13.6 Å². The lowest BCUT2D eigenvalue weighted by atomic mass is 10.0. The van der Waals surface area contributed by atoms with Crippen LogP contribution >= 0.6 is 0 Å². The van der Waals surface area contributed by atoms with E-state index in [4.69, 9.17) is 4.98 Å². The van der Waals surface area contributed by atoms with E-state index >= 15 is 0 Å². The average Bonchev–Trinajstić information content (AvgIpc) is 3.55. The van der Waals surface area contributed by atoms with Gasteiger partial charge in [0.1, 0.15) is 12.0 Å². The molecule has 1 fully saturated rings. The zero-order chi connectivity index (χ0) is 23.8. The number of nitrogens with zero attached hydrogens (tertiary/aromatic N) is 6. The lowest BCUT2D eigenvalue weighted by molar-refractivity contribution is 0.0962. The van der Waals surface area contributed by atoms with Gasteiger partial charge in [0.05, 0.1) is 12.2 Å². The van der Waals surface area contributed by atoms with Gasteiger partial charge in [-0.05, 0) is 37.5 Å². The molecule has 0 spiro atoms. The van der Waals surface area contributed by atoms with E-state index < -0.39 is 12.3 Å². The summed E-state index contributed by atoms with van der Waals surface area (Å²) in [7, 11) is 1.46. The smallest absolute Gasteiger partial charge is 0.265 e. The highest BCUT2D eigenvalue weighted by Gasteiger charge is 2.38. The third-order valence-corrected chi connectivity index (χ3v) is 6.59. The Labute approximate surface area is 195 Å². The van der Waals surface area contributed by atoms with E-state index in [-0.39, 0.29) is 28.8 Å². The quantitative estimate of drug-likeness (QED) is 0.556. The molecule has 3 aromatic rings. The molecular weight excluding hydrogens is 442 g/mol. The van der Waals surface area contributed by atoms with Crippen LogP contribution in [-0.2, 0) is 0 Å². The number of amides is 1. The molecule has 2 aliphatic rings. The van der Waals surface area contributed by atoms with Gasteiger partial charge in [0.2, 0.25) is 5.95 Å². The maximum atomic E-state index is 13.8. The Hall–Kier alpha value is -3.63. The van der Waals surface area contributed by atoms with Gasteiger partial charge in [-0.25, -0.2) is 13.8 Å². The minimum absolute atomic E-state index is 0.0179. The molecule has 0 saturated heterocycles. The molecule has 0 radical (unpaired) electrons. The minimum Gasteiger partial charge on any atom is -0.355 e. The first-order chi connectivity index (χ1) is 16.5. The van der Waals surface area contributed by atoms with Crippen molar-refractivity contribution in [2.24, 2.45) is 0 Å². The number of alkyl halides is 2. The molecule has 1 aliphatic carbocycles. The number of benzene rings is 1. The molecule has 1 amide bonds.